The number of halogens is 2. The fourth-order valence-corrected chi connectivity index (χ4v) is 2.67. The Labute approximate surface area is 123 Å². The van der Waals surface area contributed by atoms with Crippen LogP contribution in [0, 0.1) is 12.7 Å². The van der Waals surface area contributed by atoms with E-state index in [4.69, 9.17) is 11.6 Å². The number of amides is 1. The Kier molecular flexibility index (Phi) is 4.57. The summed E-state index contributed by atoms with van der Waals surface area (Å²) in [6.07, 6.45) is 0.144. The molecular weight excluding hydrogens is 303 g/mol. The number of thiazole rings is 1. The molecule has 0 atom stereocenters. The van der Waals surface area contributed by atoms with Gasteiger partial charge < -0.3 is 9.88 Å². The van der Waals surface area contributed by atoms with Crippen LogP contribution in [0.1, 0.15) is 12.1 Å². The third-order valence-corrected chi connectivity index (χ3v) is 3.94. The Morgan fingerprint density at radius 2 is 2.25 bits per heavy atom. The van der Waals surface area contributed by atoms with Gasteiger partial charge in [-0.2, -0.15) is 0 Å². The van der Waals surface area contributed by atoms with Crippen LogP contribution in [0.15, 0.2) is 28.4 Å². The first-order valence-electron chi connectivity index (χ1n) is 5.87. The van der Waals surface area contributed by atoms with Gasteiger partial charge in [-0.3, -0.25) is 9.59 Å². The van der Waals surface area contributed by atoms with Gasteiger partial charge in [0, 0.05) is 24.0 Å². The molecule has 0 radical (unpaired) electrons. The lowest BCUT2D eigenvalue weighted by molar-refractivity contribution is -0.116. The molecule has 4 nitrogen and oxygen atoms in total. The highest BCUT2D eigenvalue weighted by molar-refractivity contribution is 7.07. The van der Waals surface area contributed by atoms with Gasteiger partial charge in [-0.05, 0) is 25.1 Å². The number of hydrogen-bond donors (Lipinski definition) is 1. The number of nitrogens with one attached hydrogen (secondary N) is 1. The minimum absolute atomic E-state index is 0.0879. The molecule has 0 fully saturated rings. The van der Waals surface area contributed by atoms with Gasteiger partial charge in [0.05, 0.1) is 10.7 Å². The molecule has 7 heteroatoms. The SMILES string of the molecule is Cc1csc(=O)n1CCC(=O)Nc1ccc(F)cc1Cl. The Morgan fingerprint density at radius 3 is 2.85 bits per heavy atom. The van der Waals surface area contributed by atoms with Crippen molar-refractivity contribution in [3.8, 4) is 0 Å². The average Bonchev–Trinajstić information content (AvgIpc) is 2.70. The molecule has 1 heterocycles. The molecule has 0 saturated carbocycles. The van der Waals surface area contributed by atoms with Crippen molar-refractivity contribution in [2.24, 2.45) is 0 Å². The quantitative estimate of drug-likeness (QED) is 0.943. The van der Waals surface area contributed by atoms with Crippen LogP contribution in [-0.4, -0.2) is 10.5 Å². The van der Waals surface area contributed by atoms with Crippen LogP contribution in [0.3, 0.4) is 0 Å². The standard InChI is InChI=1S/C13H12ClFN2O2S/c1-8-7-20-13(19)17(8)5-4-12(18)16-11-3-2-9(15)6-10(11)14/h2-3,6-7H,4-5H2,1H3,(H,16,18). The smallest absolute Gasteiger partial charge is 0.307 e. The zero-order chi connectivity index (χ0) is 14.7. The lowest BCUT2D eigenvalue weighted by Gasteiger charge is -2.08. The van der Waals surface area contributed by atoms with E-state index in [1.54, 1.807) is 5.38 Å². The van der Waals surface area contributed by atoms with Crippen molar-refractivity contribution in [1.82, 2.24) is 4.57 Å². The molecule has 0 saturated heterocycles. The predicted molar refractivity (Wildman–Crippen MR) is 78.0 cm³/mol. The molecule has 106 valence electrons. The summed E-state index contributed by atoms with van der Waals surface area (Å²) in [5, 5.41) is 4.48. The maximum atomic E-state index is 12.9. The summed E-state index contributed by atoms with van der Waals surface area (Å²) >= 11 is 6.92. The highest BCUT2D eigenvalue weighted by Crippen LogP contribution is 2.22. The van der Waals surface area contributed by atoms with Crippen LogP contribution in [0.4, 0.5) is 10.1 Å². The van der Waals surface area contributed by atoms with Gasteiger partial charge in [0.1, 0.15) is 5.82 Å². The molecule has 20 heavy (non-hydrogen) atoms. The number of benzene rings is 1. The number of rotatable bonds is 4. The third-order valence-electron chi connectivity index (χ3n) is 2.74. The van der Waals surface area contributed by atoms with E-state index in [0.717, 1.165) is 23.1 Å². The zero-order valence-electron chi connectivity index (χ0n) is 10.7. The molecule has 1 aromatic heterocycles. The fourth-order valence-electron chi connectivity index (χ4n) is 1.69. The number of hydrogen-bond acceptors (Lipinski definition) is 3. The molecule has 0 aliphatic heterocycles. The Balaban J connectivity index is 1.98. The number of carbonyl (C=O) groups excluding carboxylic acids is 1. The normalized spacial score (nSPS) is 10.6. The minimum atomic E-state index is -0.464. The van der Waals surface area contributed by atoms with E-state index in [1.807, 2.05) is 6.92 Å². The van der Waals surface area contributed by atoms with Crippen LogP contribution >= 0.6 is 22.9 Å². The topological polar surface area (TPSA) is 51.1 Å². The molecule has 0 spiro atoms. The number of nitrogens with zero attached hydrogens (tertiary/aromatic N) is 1. The van der Waals surface area contributed by atoms with Crippen LogP contribution in [0.25, 0.3) is 0 Å². The summed E-state index contributed by atoms with van der Waals surface area (Å²) in [6.45, 7) is 2.12. The first-order valence-corrected chi connectivity index (χ1v) is 7.13. The van der Waals surface area contributed by atoms with E-state index < -0.39 is 5.82 Å². The summed E-state index contributed by atoms with van der Waals surface area (Å²) in [4.78, 5) is 23.2. The van der Waals surface area contributed by atoms with Crippen molar-refractivity contribution in [1.29, 1.82) is 0 Å². The van der Waals surface area contributed by atoms with E-state index >= 15 is 0 Å². The Hall–Kier alpha value is -1.66. The molecular formula is C13H12ClFN2O2S. The van der Waals surface area contributed by atoms with Crippen molar-refractivity contribution in [2.45, 2.75) is 19.9 Å². The van der Waals surface area contributed by atoms with E-state index in [0.29, 0.717) is 12.2 Å². The van der Waals surface area contributed by atoms with Crippen LogP contribution in [-0.2, 0) is 11.3 Å². The highest BCUT2D eigenvalue weighted by Gasteiger charge is 2.09. The van der Waals surface area contributed by atoms with Gasteiger partial charge in [0.25, 0.3) is 0 Å². The monoisotopic (exact) mass is 314 g/mol. The van der Waals surface area contributed by atoms with Crippen LogP contribution in [0.5, 0.6) is 0 Å². The maximum Gasteiger partial charge on any atom is 0.307 e. The Morgan fingerprint density at radius 1 is 1.50 bits per heavy atom. The van der Waals surface area contributed by atoms with Gasteiger partial charge in [-0.15, -0.1) is 0 Å². The molecule has 1 N–H and O–H groups in total. The molecule has 0 aliphatic rings. The number of aromatic nitrogens is 1. The molecule has 0 bridgehead atoms. The third kappa shape index (κ3) is 3.46. The van der Waals surface area contributed by atoms with Gasteiger partial charge in [-0.25, -0.2) is 4.39 Å². The van der Waals surface area contributed by atoms with E-state index in [1.165, 1.54) is 16.7 Å². The summed E-state index contributed by atoms with van der Waals surface area (Å²) in [5.41, 5.74) is 1.18. The highest BCUT2D eigenvalue weighted by atomic mass is 35.5. The predicted octanol–water partition coefficient (Wildman–Crippen LogP) is 3.04. The van der Waals surface area contributed by atoms with Crippen molar-refractivity contribution in [2.75, 3.05) is 5.32 Å². The first kappa shape index (κ1) is 14.7. The van der Waals surface area contributed by atoms with Crippen LogP contribution in [0.2, 0.25) is 5.02 Å². The van der Waals surface area contributed by atoms with Crippen molar-refractivity contribution in [3.63, 3.8) is 0 Å². The van der Waals surface area contributed by atoms with Crippen molar-refractivity contribution < 1.29 is 9.18 Å². The molecule has 2 aromatic rings. The summed E-state index contributed by atoms with van der Waals surface area (Å²) in [7, 11) is 0. The lowest BCUT2D eigenvalue weighted by atomic mass is 10.3. The second-order valence-corrected chi connectivity index (χ2v) is 5.44. The molecule has 0 aliphatic carbocycles. The first-order chi connectivity index (χ1) is 9.47. The van der Waals surface area contributed by atoms with E-state index in [2.05, 4.69) is 5.32 Å². The van der Waals surface area contributed by atoms with Crippen molar-refractivity contribution in [3.05, 3.63) is 49.8 Å². The lowest BCUT2D eigenvalue weighted by Crippen LogP contribution is -2.20. The second-order valence-electron chi connectivity index (χ2n) is 4.22. The zero-order valence-corrected chi connectivity index (χ0v) is 12.2. The Bertz CT molecular complexity index is 696. The van der Waals surface area contributed by atoms with Gasteiger partial charge in [-0.1, -0.05) is 22.9 Å². The maximum absolute atomic E-state index is 12.9. The van der Waals surface area contributed by atoms with Gasteiger partial charge in [0.15, 0.2) is 0 Å². The summed E-state index contributed by atoms with van der Waals surface area (Å²) < 4.78 is 14.4. The second kappa shape index (κ2) is 6.19. The number of carbonyl (C=O) groups is 1. The van der Waals surface area contributed by atoms with Crippen LogP contribution < -0.4 is 10.2 Å². The van der Waals surface area contributed by atoms with Gasteiger partial charge in [0.2, 0.25) is 5.91 Å². The fraction of sp³-hybridized carbons (Fsp3) is 0.231. The molecule has 0 unspecified atom stereocenters. The van der Waals surface area contributed by atoms with Crippen molar-refractivity contribution >= 4 is 34.5 Å². The van der Waals surface area contributed by atoms with E-state index in [-0.39, 0.29) is 22.2 Å². The summed E-state index contributed by atoms with van der Waals surface area (Å²) in [5.74, 6) is -0.746. The molecule has 2 rings (SSSR count). The minimum Gasteiger partial charge on any atom is -0.325 e. The molecule has 1 aromatic carbocycles. The van der Waals surface area contributed by atoms with E-state index in [9.17, 15) is 14.0 Å². The number of anilines is 1. The summed E-state index contributed by atoms with van der Waals surface area (Å²) in [6, 6.07) is 3.75. The molecule has 1 amide bonds. The largest absolute Gasteiger partial charge is 0.325 e. The number of aryl methyl sites for hydroxylation is 1. The average molecular weight is 315 g/mol. The van der Waals surface area contributed by atoms with Gasteiger partial charge >= 0.3 is 4.87 Å².